The normalized spacial score (nSPS) is 17.9. The minimum atomic E-state index is -0.119. The number of nitrogens with zero attached hydrogens (tertiary/aromatic N) is 1. The molecule has 0 atom stereocenters. The molecule has 0 spiro atoms. The van der Waals surface area contributed by atoms with Crippen molar-refractivity contribution in [2.75, 3.05) is 39.8 Å². The van der Waals surface area contributed by atoms with E-state index in [0.717, 1.165) is 25.3 Å². The quantitative estimate of drug-likeness (QED) is 0.530. The van der Waals surface area contributed by atoms with Gasteiger partial charge in [-0.2, -0.15) is 0 Å². The summed E-state index contributed by atoms with van der Waals surface area (Å²) >= 11 is 0. The van der Waals surface area contributed by atoms with Gasteiger partial charge in [-0.1, -0.05) is 13.3 Å². The maximum Gasteiger partial charge on any atom is 0.319 e. The van der Waals surface area contributed by atoms with Crippen molar-refractivity contribution in [3.63, 3.8) is 0 Å². The van der Waals surface area contributed by atoms with Crippen molar-refractivity contribution in [1.29, 1.82) is 0 Å². The van der Waals surface area contributed by atoms with Gasteiger partial charge in [0, 0.05) is 0 Å². The van der Waals surface area contributed by atoms with Crippen LogP contribution in [-0.4, -0.2) is 50.7 Å². The number of ether oxygens (including phenoxy) is 1. The van der Waals surface area contributed by atoms with Gasteiger partial charge in [-0.3, -0.25) is 4.79 Å². The molecule has 0 saturated carbocycles. The van der Waals surface area contributed by atoms with Crippen LogP contribution in [0.5, 0.6) is 0 Å². The summed E-state index contributed by atoms with van der Waals surface area (Å²) in [5.41, 5.74) is 0. The molecule has 0 unspecified atom stereocenters. The molecule has 1 aliphatic heterocycles. The first-order valence-corrected chi connectivity index (χ1v) is 7.27. The van der Waals surface area contributed by atoms with Gasteiger partial charge in [0.05, 0.1) is 13.2 Å². The lowest BCUT2D eigenvalue weighted by atomic mass is 9.94. The van der Waals surface area contributed by atoms with E-state index < -0.39 is 0 Å². The van der Waals surface area contributed by atoms with Gasteiger partial charge in [0.25, 0.3) is 0 Å². The Bertz CT molecular complexity index is 226. The standard InChI is InChI=1S/C14H28N2O2/c1-3-4-11-18-14(17)12-15-8-5-13-6-9-16(2)10-7-13/h13,15H,3-12H2,1-2H3. The number of hydrogen-bond acceptors (Lipinski definition) is 4. The van der Waals surface area contributed by atoms with Crippen LogP contribution in [-0.2, 0) is 9.53 Å². The second-order valence-corrected chi connectivity index (χ2v) is 5.29. The SMILES string of the molecule is CCCCOC(=O)CNCCC1CCN(C)CC1. The van der Waals surface area contributed by atoms with E-state index in [4.69, 9.17) is 4.74 Å². The van der Waals surface area contributed by atoms with Crippen molar-refractivity contribution in [3.8, 4) is 0 Å². The summed E-state index contributed by atoms with van der Waals surface area (Å²) in [7, 11) is 2.18. The Hall–Kier alpha value is -0.610. The van der Waals surface area contributed by atoms with Gasteiger partial charge >= 0.3 is 5.97 Å². The molecule has 0 aromatic carbocycles. The number of unbranched alkanes of at least 4 members (excludes halogenated alkanes) is 1. The first-order valence-electron chi connectivity index (χ1n) is 7.27. The zero-order valence-electron chi connectivity index (χ0n) is 11.9. The lowest BCUT2D eigenvalue weighted by molar-refractivity contribution is -0.142. The number of likely N-dealkylation sites (tertiary alicyclic amines) is 1. The molecule has 1 aliphatic rings. The second-order valence-electron chi connectivity index (χ2n) is 5.29. The lowest BCUT2D eigenvalue weighted by Crippen LogP contribution is -2.32. The highest BCUT2D eigenvalue weighted by Gasteiger charge is 2.15. The molecule has 0 aliphatic carbocycles. The zero-order chi connectivity index (χ0) is 13.2. The van der Waals surface area contributed by atoms with E-state index in [2.05, 4.69) is 24.2 Å². The van der Waals surface area contributed by atoms with Gasteiger partial charge in [0.1, 0.15) is 0 Å². The summed E-state index contributed by atoms with van der Waals surface area (Å²) in [5, 5.41) is 3.18. The Balaban J connectivity index is 1.93. The summed E-state index contributed by atoms with van der Waals surface area (Å²) in [6.45, 7) is 6.36. The molecule has 18 heavy (non-hydrogen) atoms. The molecule has 4 nitrogen and oxygen atoms in total. The monoisotopic (exact) mass is 256 g/mol. The van der Waals surface area contributed by atoms with Crippen LogP contribution in [0, 0.1) is 5.92 Å². The average molecular weight is 256 g/mol. The number of esters is 1. The van der Waals surface area contributed by atoms with Crippen LogP contribution in [0.3, 0.4) is 0 Å². The van der Waals surface area contributed by atoms with Gasteiger partial charge in [0.2, 0.25) is 0 Å². The van der Waals surface area contributed by atoms with Crippen molar-refractivity contribution < 1.29 is 9.53 Å². The Labute approximate surface area is 111 Å². The molecule has 0 bridgehead atoms. The predicted octanol–water partition coefficient (Wildman–Crippen LogP) is 1.65. The smallest absolute Gasteiger partial charge is 0.319 e. The summed E-state index contributed by atoms with van der Waals surface area (Å²) < 4.78 is 5.08. The Morgan fingerprint density at radius 2 is 2.11 bits per heavy atom. The minimum absolute atomic E-state index is 0.119. The number of nitrogens with one attached hydrogen (secondary N) is 1. The van der Waals surface area contributed by atoms with Crippen LogP contribution in [0.25, 0.3) is 0 Å². The average Bonchev–Trinajstić information content (AvgIpc) is 2.37. The van der Waals surface area contributed by atoms with Crippen LogP contribution in [0.2, 0.25) is 0 Å². The molecular weight excluding hydrogens is 228 g/mol. The van der Waals surface area contributed by atoms with Crippen molar-refractivity contribution in [3.05, 3.63) is 0 Å². The van der Waals surface area contributed by atoms with Crippen LogP contribution >= 0.6 is 0 Å². The molecule has 1 rings (SSSR count). The third-order valence-electron chi connectivity index (χ3n) is 3.60. The summed E-state index contributed by atoms with van der Waals surface area (Å²) in [6.07, 6.45) is 5.78. The zero-order valence-corrected chi connectivity index (χ0v) is 11.9. The van der Waals surface area contributed by atoms with E-state index in [9.17, 15) is 4.79 Å². The van der Waals surface area contributed by atoms with Crippen LogP contribution in [0.1, 0.15) is 39.0 Å². The van der Waals surface area contributed by atoms with E-state index in [0.29, 0.717) is 13.2 Å². The van der Waals surface area contributed by atoms with Crippen molar-refractivity contribution in [1.82, 2.24) is 10.2 Å². The Morgan fingerprint density at radius 3 is 2.78 bits per heavy atom. The Kier molecular flexibility index (Phi) is 8.01. The summed E-state index contributed by atoms with van der Waals surface area (Å²) in [4.78, 5) is 13.7. The molecule has 1 N–H and O–H groups in total. The molecule has 1 saturated heterocycles. The largest absolute Gasteiger partial charge is 0.465 e. The Morgan fingerprint density at radius 1 is 1.39 bits per heavy atom. The van der Waals surface area contributed by atoms with Gasteiger partial charge in [-0.05, 0) is 58.3 Å². The molecule has 1 fully saturated rings. The number of piperidine rings is 1. The second kappa shape index (κ2) is 9.34. The molecule has 0 aromatic rings. The maximum atomic E-state index is 11.3. The molecule has 0 aromatic heterocycles. The van der Waals surface area contributed by atoms with E-state index in [1.165, 1.54) is 32.4 Å². The molecular formula is C14H28N2O2. The van der Waals surface area contributed by atoms with Crippen LogP contribution < -0.4 is 5.32 Å². The minimum Gasteiger partial charge on any atom is -0.465 e. The van der Waals surface area contributed by atoms with E-state index in [1.807, 2.05) is 0 Å². The summed E-state index contributed by atoms with van der Waals surface area (Å²) in [5.74, 6) is 0.705. The van der Waals surface area contributed by atoms with Crippen molar-refractivity contribution in [2.24, 2.45) is 5.92 Å². The lowest BCUT2D eigenvalue weighted by Gasteiger charge is -2.28. The van der Waals surface area contributed by atoms with Crippen LogP contribution in [0.4, 0.5) is 0 Å². The first kappa shape index (κ1) is 15.4. The fraction of sp³-hybridized carbons (Fsp3) is 0.929. The predicted molar refractivity (Wildman–Crippen MR) is 73.6 cm³/mol. The number of carbonyl (C=O) groups excluding carboxylic acids is 1. The van der Waals surface area contributed by atoms with Gasteiger partial charge in [-0.15, -0.1) is 0 Å². The molecule has 0 amide bonds. The molecule has 106 valence electrons. The number of rotatable bonds is 8. The molecule has 0 radical (unpaired) electrons. The van der Waals surface area contributed by atoms with Crippen LogP contribution in [0.15, 0.2) is 0 Å². The van der Waals surface area contributed by atoms with Crippen molar-refractivity contribution >= 4 is 5.97 Å². The fourth-order valence-corrected chi connectivity index (χ4v) is 2.23. The summed E-state index contributed by atoms with van der Waals surface area (Å²) in [6, 6.07) is 0. The van der Waals surface area contributed by atoms with Crippen molar-refractivity contribution in [2.45, 2.75) is 39.0 Å². The van der Waals surface area contributed by atoms with Gasteiger partial charge < -0.3 is 15.0 Å². The van der Waals surface area contributed by atoms with Gasteiger partial charge in [-0.25, -0.2) is 0 Å². The highest BCUT2D eigenvalue weighted by molar-refractivity contribution is 5.71. The highest BCUT2D eigenvalue weighted by atomic mass is 16.5. The van der Waals surface area contributed by atoms with E-state index in [-0.39, 0.29) is 5.97 Å². The number of carbonyl (C=O) groups is 1. The molecule has 4 heteroatoms. The topological polar surface area (TPSA) is 41.6 Å². The number of hydrogen-bond donors (Lipinski definition) is 1. The molecule has 1 heterocycles. The first-order chi connectivity index (χ1) is 8.72. The fourth-order valence-electron chi connectivity index (χ4n) is 2.23. The van der Waals surface area contributed by atoms with E-state index >= 15 is 0 Å². The van der Waals surface area contributed by atoms with E-state index in [1.54, 1.807) is 0 Å². The van der Waals surface area contributed by atoms with Gasteiger partial charge in [0.15, 0.2) is 0 Å². The third-order valence-corrected chi connectivity index (χ3v) is 3.60. The highest BCUT2D eigenvalue weighted by Crippen LogP contribution is 2.18. The third kappa shape index (κ3) is 6.97. The maximum absolute atomic E-state index is 11.3.